The molecule has 0 spiro atoms. The number of aliphatic hydroxyl groups is 1. The van der Waals surface area contributed by atoms with Gasteiger partial charge in [-0.15, -0.1) is 0 Å². The molecule has 0 radical (unpaired) electrons. The molecule has 0 saturated heterocycles. The van der Waals surface area contributed by atoms with Crippen LogP contribution in [-0.2, 0) is 10.0 Å². The summed E-state index contributed by atoms with van der Waals surface area (Å²) in [5.41, 5.74) is 0.662. The molecule has 2 rings (SSSR count). The van der Waals surface area contributed by atoms with Crippen LogP contribution in [-0.4, -0.2) is 20.1 Å². The first kappa shape index (κ1) is 15.8. The zero-order valence-electron chi connectivity index (χ0n) is 10.1. The van der Waals surface area contributed by atoms with Crippen LogP contribution in [0, 0.1) is 0 Å². The summed E-state index contributed by atoms with van der Waals surface area (Å²) in [6.07, 6.45) is -0.908. The number of halogens is 2. The topological polar surface area (TPSA) is 66.4 Å². The second kappa shape index (κ2) is 6.43. The molecule has 2 N–H and O–H groups in total. The van der Waals surface area contributed by atoms with Gasteiger partial charge in [-0.3, -0.25) is 0 Å². The van der Waals surface area contributed by atoms with Gasteiger partial charge in [-0.25, -0.2) is 13.1 Å². The van der Waals surface area contributed by atoms with E-state index in [2.05, 4.69) is 4.72 Å². The van der Waals surface area contributed by atoms with Gasteiger partial charge in [0.05, 0.1) is 16.1 Å². The van der Waals surface area contributed by atoms with Gasteiger partial charge >= 0.3 is 0 Å². The lowest BCUT2D eigenvalue weighted by atomic mass is 10.2. The Hall–Kier alpha value is -0.630. The molecule has 0 aliphatic carbocycles. The minimum Gasteiger partial charge on any atom is -0.387 e. The van der Waals surface area contributed by atoms with Crippen LogP contribution in [0.1, 0.15) is 11.7 Å². The number of nitrogens with one attached hydrogen (secondary N) is 1. The average Bonchev–Trinajstić information content (AvgIpc) is 2.93. The molecule has 0 amide bonds. The molecule has 1 heterocycles. The maximum absolute atomic E-state index is 12.1. The molecule has 0 aliphatic heterocycles. The maximum Gasteiger partial charge on any atom is 0.242 e. The third-order valence-electron chi connectivity index (χ3n) is 2.60. The number of thiophene rings is 1. The first-order valence-electron chi connectivity index (χ1n) is 5.55. The van der Waals surface area contributed by atoms with E-state index >= 15 is 0 Å². The zero-order valence-corrected chi connectivity index (χ0v) is 13.2. The average molecular weight is 352 g/mol. The predicted octanol–water partition coefficient (Wildman–Crippen LogP) is 3.07. The number of hydrogen-bond donors (Lipinski definition) is 2. The van der Waals surface area contributed by atoms with Crippen molar-refractivity contribution in [2.45, 2.75) is 11.0 Å². The Bertz CT molecular complexity index is 687. The Balaban J connectivity index is 2.14. The smallest absolute Gasteiger partial charge is 0.242 e. The van der Waals surface area contributed by atoms with Crippen molar-refractivity contribution < 1.29 is 13.5 Å². The summed E-state index contributed by atoms with van der Waals surface area (Å²) in [6.45, 7) is -0.137. The summed E-state index contributed by atoms with van der Waals surface area (Å²) in [6, 6.07) is 6.09. The summed E-state index contributed by atoms with van der Waals surface area (Å²) >= 11 is 13.1. The van der Waals surface area contributed by atoms with Crippen LogP contribution >= 0.6 is 34.5 Å². The van der Waals surface area contributed by atoms with Crippen molar-refractivity contribution in [3.63, 3.8) is 0 Å². The summed E-state index contributed by atoms with van der Waals surface area (Å²) in [5, 5.41) is 13.6. The molecule has 0 aliphatic rings. The van der Waals surface area contributed by atoms with Crippen molar-refractivity contribution in [3.8, 4) is 0 Å². The molecule has 8 heteroatoms. The van der Waals surface area contributed by atoms with Crippen LogP contribution in [0.5, 0.6) is 0 Å². The van der Waals surface area contributed by atoms with E-state index in [1.54, 1.807) is 16.8 Å². The van der Waals surface area contributed by atoms with E-state index in [9.17, 15) is 13.5 Å². The van der Waals surface area contributed by atoms with Gasteiger partial charge in [0, 0.05) is 6.54 Å². The molecule has 1 aromatic carbocycles. The monoisotopic (exact) mass is 351 g/mol. The molecule has 2 aromatic rings. The summed E-state index contributed by atoms with van der Waals surface area (Å²) < 4.78 is 26.5. The van der Waals surface area contributed by atoms with Gasteiger partial charge in [0.2, 0.25) is 10.0 Å². The van der Waals surface area contributed by atoms with Gasteiger partial charge in [-0.1, -0.05) is 29.3 Å². The highest BCUT2D eigenvalue weighted by Crippen LogP contribution is 2.28. The second-order valence-corrected chi connectivity index (χ2v) is 7.28. The van der Waals surface area contributed by atoms with Crippen molar-refractivity contribution in [3.05, 3.63) is 50.6 Å². The van der Waals surface area contributed by atoms with Crippen molar-refractivity contribution in [2.75, 3.05) is 6.54 Å². The molecule has 1 aromatic heterocycles. The fourth-order valence-electron chi connectivity index (χ4n) is 1.54. The lowest BCUT2D eigenvalue weighted by Crippen LogP contribution is -2.28. The molecular formula is C12H11Cl2NO3S2. The number of hydrogen-bond acceptors (Lipinski definition) is 4. The number of sulfonamides is 1. The standard InChI is InChI=1S/C12H11Cl2NO3S2/c13-9-2-1-3-11(12(9)14)20(17,18)15-6-10(16)8-4-5-19-7-8/h1-5,7,10,15-16H,6H2. The summed E-state index contributed by atoms with van der Waals surface area (Å²) in [7, 11) is -3.82. The third-order valence-corrected chi connectivity index (χ3v) is 5.70. The van der Waals surface area contributed by atoms with Crippen molar-refractivity contribution in [1.82, 2.24) is 4.72 Å². The lowest BCUT2D eigenvalue weighted by Gasteiger charge is -2.12. The van der Waals surface area contributed by atoms with Crippen LogP contribution in [0.4, 0.5) is 0 Å². The SMILES string of the molecule is O=S(=O)(NCC(O)c1ccsc1)c1cccc(Cl)c1Cl. The van der Waals surface area contributed by atoms with Crippen LogP contribution < -0.4 is 4.72 Å². The van der Waals surface area contributed by atoms with Crippen molar-refractivity contribution in [2.24, 2.45) is 0 Å². The van der Waals surface area contributed by atoms with Gasteiger partial charge in [0.25, 0.3) is 0 Å². The minimum atomic E-state index is -3.82. The van der Waals surface area contributed by atoms with Crippen LogP contribution in [0.25, 0.3) is 0 Å². The van der Waals surface area contributed by atoms with E-state index in [4.69, 9.17) is 23.2 Å². The normalized spacial score (nSPS) is 13.3. The first-order chi connectivity index (χ1) is 9.42. The lowest BCUT2D eigenvalue weighted by molar-refractivity contribution is 0.182. The molecule has 0 saturated carbocycles. The van der Waals surface area contributed by atoms with Gasteiger partial charge in [0.1, 0.15) is 4.90 Å². The van der Waals surface area contributed by atoms with E-state index in [-0.39, 0.29) is 21.5 Å². The molecule has 1 unspecified atom stereocenters. The van der Waals surface area contributed by atoms with E-state index < -0.39 is 16.1 Å². The Morgan fingerprint density at radius 2 is 2.05 bits per heavy atom. The fourth-order valence-corrected chi connectivity index (χ4v) is 4.05. The molecule has 4 nitrogen and oxygen atoms in total. The predicted molar refractivity (Wildman–Crippen MR) is 80.9 cm³/mol. The molecule has 0 bridgehead atoms. The number of rotatable bonds is 5. The highest BCUT2D eigenvalue weighted by Gasteiger charge is 2.20. The highest BCUT2D eigenvalue weighted by molar-refractivity contribution is 7.89. The van der Waals surface area contributed by atoms with Crippen LogP contribution in [0.2, 0.25) is 10.0 Å². The number of aliphatic hydroxyl groups excluding tert-OH is 1. The van der Waals surface area contributed by atoms with E-state index in [0.717, 1.165) is 0 Å². The largest absolute Gasteiger partial charge is 0.387 e. The fraction of sp³-hybridized carbons (Fsp3) is 0.167. The number of benzene rings is 1. The Morgan fingerprint density at radius 1 is 1.30 bits per heavy atom. The van der Waals surface area contributed by atoms with Gasteiger partial charge < -0.3 is 5.11 Å². The van der Waals surface area contributed by atoms with Gasteiger partial charge in [-0.05, 0) is 34.5 Å². The van der Waals surface area contributed by atoms with Gasteiger partial charge in [-0.2, -0.15) is 11.3 Å². The maximum atomic E-state index is 12.1. The molecule has 1 atom stereocenters. The van der Waals surface area contributed by atoms with E-state index in [1.807, 2.05) is 0 Å². The van der Waals surface area contributed by atoms with Gasteiger partial charge in [0.15, 0.2) is 0 Å². The Labute approximate surface area is 131 Å². The Morgan fingerprint density at radius 3 is 2.70 bits per heavy atom. The van der Waals surface area contributed by atoms with E-state index in [0.29, 0.717) is 5.56 Å². The molecule has 108 valence electrons. The van der Waals surface area contributed by atoms with Crippen molar-refractivity contribution in [1.29, 1.82) is 0 Å². The quantitative estimate of drug-likeness (QED) is 0.869. The highest BCUT2D eigenvalue weighted by atomic mass is 35.5. The summed E-state index contributed by atoms with van der Waals surface area (Å²) in [5.74, 6) is 0. The zero-order chi connectivity index (χ0) is 14.8. The second-order valence-electron chi connectivity index (χ2n) is 3.98. The van der Waals surface area contributed by atoms with E-state index in [1.165, 1.54) is 29.5 Å². The van der Waals surface area contributed by atoms with Crippen LogP contribution in [0.3, 0.4) is 0 Å². The van der Waals surface area contributed by atoms with Crippen molar-refractivity contribution >= 4 is 44.6 Å². The summed E-state index contributed by atoms with van der Waals surface area (Å²) in [4.78, 5) is -0.107. The molecule has 20 heavy (non-hydrogen) atoms. The minimum absolute atomic E-state index is 0.0355. The first-order valence-corrected chi connectivity index (χ1v) is 8.74. The Kier molecular flexibility index (Phi) is 5.06. The van der Waals surface area contributed by atoms with Crippen LogP contribution in [0.15, 0.2) is 39.9 Å². The molecule has 0 fully saturated rings. The third kappa shape index (κ3) is 3.52. The molecular weight excluding hydrogens is 341 g/mol.